The van der Waals surface area contributed by atoms with Crippen LogP contribution in [0.15, 0.2) is 16.0 Å². The average Bonchev–Trinajstić information content (AvgIpc) is 2.82. The summed E-state index contributed by atoms with van der Waals surface area (Å²) in [4.78, 5) is 16.2. The van der Waals surface area contributed by atoms with Crippen LogP contribution in [0.1, 0.15) is 34.6 Å². The highest BCUT2D eigenvalue weighted by Gasteiger charge is 2.24. The lowest BCUT2D eigenvalue weighted by atomic mass is 9.97. The summed E-state index contributed by atoms with van der Waals surface area (Å²) in [6, 6.07) is 1.99. The highest BCUT2D eigenvalue weighted by Crippen LogP contribution is 2.31. The molecule has 2 aromatic rings. The molecule has 0 fully saturated rings. The molecule has 1 aliphatic rings. The second kappa shape index (κ2) is 4.07. The molecular formula is C12H11BrN2OS. The van der Waals surface area contributed by atoms with Gasteiger partial charge in [-0.2, -0.15) is 0 Å². The minimum absolute atomic E-state index is 0.267. The van der Waals surface area contributed by atoms with Crippen molar-refractivity contribution in [1.82, 2.24) is 9.55 Å². The van der Waals surface area contributed by atoms with Gasteiger partial charge in [0, 0.05) is 23.4 Å². The van der Waals surface area contributed by atoms with Gasteiger partial charge in [-0.3, -0.25) is 9.36 Å². The van der Waals surface area contributed by atoms with Crippen LogP contribution in [0.3, 0.4) is 0 Å². The van der Waals surface area contributed by atoms with Gasteiger partial charge in [0.25, 0.3) is 0 Å². The first kappa shape index (κ1) is 11.2. The maximum atomic E-state index is 11.8. The molecule has 0 unspecified atom stereocenters. The van der Waals surface area contributed by atoms with Gasteiger partial charge >= 0.3 is 0 Å². The summed E-state index contributed by atoms with van der Waals surface area (Å²) in [5.74, 6) is 0.267. The zero-order valence-electron chi connectivity index (χ0n) is 9.36. The number of aromatic nitrogens is 2. The maximum Gasteiger partial charge on any atom is 0.195 e. The summed E-state index contributed by atoms with van der Waals surface area (Å²) < 4.78 is 3.12. The van der Waals surface area contributed by atoms with Crippen molar-refractivity contribution in [2.75, 3.05) is 0 Å². The lowest BCUT2D eigenvalue weighted by Gasteiger charge is -2.13. The zero-order valence-corrected chi connectivity index (χ0v) is 11.8. The molecule has 0 saturated carbocycles. The minimum Gasteiger partial charge on any atom is -0.294 e. The standard InChI is InChI=1S/C12H11BrN2OS/c1-7-5-8-9(3-2-4-10(8)16)15(7)12-14-6-11(13)17-12/h5-6H,2-4H2,1H3. The monoisotopic (exact) mass is 310 g/mol. The first-order valence-electron chi connectivity index (χ1n) is 5.53. The molecule has 3 rings (SSSR count). The highest BCUT2D eigenvalue weighted by molar-refractivity contribution is 9.11. The van der Waals surface area contributed by atoms with Crippen LogP contribution in [0.25, 0.3) is 5.13 Å². The van der Waals surface area contributed by atoms with Gasteiger partial charge in [-0.25, -0.2) is 4.98 Å². The second-order valence-corrected chi connectivity index (χ2v) is 6.59. The molecule has 3 nitrogen and oxygen atoms in total. The minimum atomic E-state index is 0.267. The molecule has 0 saturated heterocycles. The van der Waals surface area contributed by atoms with E-state index in [1.54, 1.807) is 17.5 Å². The summed E-state index contributed by atoms with van der Waals surface area (Å²) in [6.07, 6.45) is 4.39. The summed E-state index contributed by atoms with van der Waals surface area (Å²) in [6.45, 7) is 2.03. The van der Waals surface area contributed by atoms with E-state index in [2.05, 4.69) is 25.5 Å². The Balaban J connectivity index is 2.20. The van der Waals surface area contributed by atoms with Crippen LogP contribution < -0.4 is 0 Å². The van der Waals surface area contributed by atoms with E-state index in [1.807, 2.05) is 13.0 Å². The number of Topliss-reactive ketones (excluding diaryl/α,β-unsaturated/α-hetero) is 1. The molecule has 0 N–H and O–H groups in total. The van der Waals surface area contributed by atoms with Crippen molar-refractivity contribution in [3.05, 3.63) is 33.0 Å². The van der Waals surface area contributed by atoms with E-state index in [0.717, 1.165) is 38.7 Å². The lowest BCUT2D eigenvalue weighted by molar-refractivity contribution is 0.0972. The highest BCUT2D eigenvalue weighted by atomic mass is 79.9. The third-order valence-electron chi connectivity index (χ3n) is 3.06. The molecule has 0 bridgehead atoms. The van der Waals surface area contributed by atoms with Crippen molar-refractivity contribution in [3.8, 4) is 5.13 Å². The number of hydrogen-bond donors (Lipinski definition) is 0. The number of thiazole rings is 1. The summed E-state index contributed by atoms with van der Waals surface area (Å²) in [5, 5.41) is 0.935. The number of halogens is 1. The topological polar surface area (TPSA) is 34.9 Å². The zero-order chi connectivity index (χ0) is 12.0. The Labute approximate surface area is 112 Å². The molecule has 0 atom stereocenters. The van der Waals surface area contributed by atoms with E-state index in [9.17, 15) is 4.79 Å². The predicted octanol–water partition coefficient (Wildman–Crippen LogP) is 3.52. The Bertz CT molecular complexity index is 600. The fourth-order valence-corrected chi connectivity index (χ4v) is 3.61. The van der Waals surface area contributed by atoms with Crippen molar-refractivity contribution in [2.45, 2.75) is 26.2 Å². The third kappa shape index (κ3) is 1.77. The number of ketones is 1. The van der Waals surface area contributed by atoms with Gasteiger partial charge in [-0.15, -0.1) is 0 Å². The van der Waals surface area contributed by atoms with Crippen LogP contribution in [0.4, 0.5) is 0 Å². The second-order valence-electron chi connectivity index (χ2n) is 4.21. The van der Waals surface area contributed by atoms with Crippen molar-refractivity contribution >= 4 is 33.0 Å². The molecule has 17 heavy (non-hydrogen) atoms. The van der Waals surface area contributed by atoms with Gasteiger partial charge in [-0.05, 0) is 41.8 Å². The number of nitrogens with zero attached hydrogens (tertiary/aromatic N) is 2. The SMILES string of the molecule is Cc1cc2c(n1-c1ncc(Br)s1)CCCC2=O. The molecule has 1 aliphatic carbocycles. The fourth-order valence-electron chi connectivity index (χ4n) is 2.34. The molecule has 0 aromatic carbocycles. The normalized spacial score (nSPS) is 15.1. The number of rotatable bonds is 1. The Hall–Kier alpha value is -0.940. The Morgan fingerprint density at radius 2 is 2.29 bits per heavy atom. The van der Waals surface area contributed by atoms with E-state index in [1.165, 1.54) is 0 Å². The molecule has 2 aromatic heterocycles. The number of carbonyl (C=O) groups is 1. The van der Waals surface area contributed by atoms with Gasteiger partial charge in [0.15, 0.2) is 10.9 Å². The smallest absolute Gasteiger partial charge is 0.195 e. The van der Waals surface area contributed by atoms with Crippen LogP contribution in [0, 0.1) is 6.92 Å². The average molecular weight is 311 g/mol. The number of fused-ring (bicyclic) bond motifs is 1. The first-order chi connectivity index (χ1) is 8.16. The molecule has 5 heteroatoms. The fraction of sp³-hybridized carbons (Fsp3) is 0.333. The van der Waals surface area contributed by atoms with E-state index in [4.69, 9.17) is 0 Å². The summed E-state index contributed by atoms with van der Waals surface area (Å²) >= 11 is 5.02. The maximum absolute atomic E-state index is 11.8. The quantitative estimate of drug-likeness (QED) is 0.807. The Morgan fingerprint density at radius 1 is 1.47 bits per heavy atom. The number of carbonyl (C=O) groups excluding carboxylic acids is 1. The Morgan fingerprint density at radius 3 is 3.00 bits per heavy atom. The van der Waals surface area contributed by atoms with Crippen LogP contribution >= 0.6 is 27.3 Å². The molecule has 0 amide bonds. The molecule has 0 radical (unpaired) electrons. The third-order valence-corrected chi connectivity index (χ3v) is 4.52. The van der Waals surface area contributed by atoms with Crippen molar-refractivity contribution < 1.29 is 4.79 Å². The van der Waals surface area contributed by atoms with Gasteiger partial charge < -0.3 is 0 Å². The van der Waals surface area contributed by atoms with Gasteiger partial charge in [0.1, 0.15) is 0 Å². The molecule has 2 heterocycles. The Kier molecular flexibility index (Phi) is 2.67. The number of hydrogen-bond acceptors (Lipinski definition) is 3. The predicted molar refractivity (Wildman–Crippen MR) is 71.1 cm³/mol. The van der Waals surface area contributed by atoms with Crippen molar-refractivity contribution in [2.24, 2.45) is 0 Å². The van der Waals surface area contributed by atoms with E-state index in [0.29, 0.717) is 6.42 Å². The van der Waals surface area contributed by atoms with Gasteiger partial charge in [-0.1, -0.05) is 11.3 Å². The molecular weight excluding hydrogens is 300 g/mol. The van der Waals surface area contributed by atoms with E-state index >= 15 is 0 Å². The summed E-state index contributed by atoms with van der Waals surface area (Å²) in [5.41, 5.74) is 3.10. The van der Waals surface area contributed by atoms with Gasteiger partial charge in [0.2, 0.25) is 0 Å². The number of aryl methyl sites for hydroxylation is 1. The largest absolute Gasteiger partial charge is 0.294 e. The lowest BCUT2D eigenvalue weighted by Crippen LogP contribution is -2.12. The van der Waals surface area contributed by atoms with Crippen LogP contribution in [-0.4, -0.2) is 15.3 Å². The molecule has 0 spiro atoms. The van der Waals surface area contributed by atoms with Crippen LogP contribution in [-0.2, 0) is 6.42 Å². The van der Waals surface area contributed by atoms with E-state index in [-0.39, 0.29) is 5.78 Å². The van der Waals surface area contributed by atoms with Crippen LogP contribution in [0.5, 0.6) is 0 Å². The molecule has 0 aliphatic heterocycles. The summed E-state index contributed by atoms with van der Waals surface area (Å²) in [7, 11) is 0. The van der Waals surface area contributed by atoms with Crippen LogP contribution in [0.2, 0.25) is 0 Å². The molecule has 88 valence electrons. The van der Waals surface area contributed by atoms with E-state index < -0.39 is 0 Å². The van der Waals surface area contributed by atoms with Gasteiger partial charge in [0.05, 0.1) is 9.98 Å². The first-order valence-corrected chi connectivity index (χ1v) is 7.14. The van der Waals surface area contributed by atoms with Crippen molar-refractivity contribution in [1.29, 1.82) is 0 Å². The van der Waals surface area contributed by atoms with Crippen molar-refractivity contribution in [3.63, 3.8) is 0 Å².